The molecule has 0 bridgehead atoms. The van der Waals surface area contributed by atoms with Gasteiger partial charge in [0.05, 0.1) is 13.2 Å². The van der Waals surface area contributed by atoms with Crippen molar-refractivity contribution in [3.63, 3.8) is 0 Å². The van der Waals surface area contributed by atoms with E-state index in [1.165, 1.54) is 18.5 Å². The first-order chi connectivity index (χ1) is 25.8. The number of phenolic OH excluding ortho intramolecular Hbond substituents is 1. The molecule has 54 heavy (non-hydrogen) atoms. The number of aliphatic imine (C=N–C) groups is 3. The number of carbonyl (C=O) groups is 1. The molecular formula is C37H41N4O13+. The Balaban J connectivity index is 1.16. The molecule has 4 aliphatic heterocycles. The quantitative estimate of drug-likeness (QED) is 0.140. The Hall–Kier alpha value is -5.33. The summed E-state index contributed by atoms with van der Waals surface area (Å²) in [6.45, 7) is 0.415. The number of phenols is 1. The number of fused-ring (bicyclic) bond motifs is 1. The van der Waals surface area contributed by atoms with Crippen LogP contribution in [0.15, 0.2) is 63.5 Å². The third-order valence-electron chi connectivity index (χ3n) is 9.87. The molecule has 0 radical (unpaired) electrons. The van der Waals surface area contributed by atoms with Crippen molar-refractivity contribution >= 4 is 35.3 Å². The number of amidine groups is 1. The average molecular weight is 750 g/mol. The topological polar surface area (TPSA) is 268 Å². The lowest BCUT2D eigenvalue weighted by atomic mass is 9.80. The number of nitrogens with zero attached hydrogens (tertiary/aromatic N) is 3. The van der Waals surface area contributed by atoms with Gasteiger partial charge in [0.2, 0.25) is 17.8 Å². The Morgan fingerprint density at radius 2 is 1.81 bits per heavy atom. The van der Waals surface area contributed by atoms with Crippen molar-refractivity contribution in [1.82, 2.24) is 0 Å². The minimum atomic E-state index is -2.53. The molecule has 0 spiro atoms. The SMILES string of the molecule is [NH2+]=C1C=CC(CCOc2ccc(C3C=C(O)c4c(cc(OC5OC(C(=O)O)C(O)(CC6=NC=NC6)C(O)C5O)c(OC5(O)CCCCC5)c4O)O3)cc2)=N1. The summed E-state index contributed by atoms with van der Waals surface area (Å²) < 4.78 is 29.5. The lowest BCUT2D eigenvalue weighted by Crippen LogP contribution is -2.69. The molecule has 17 nitrogen and oxygen atoms in total. The Morgan fingerprint density at radius 3 is 2.48 bits per heavy atom. The molecule has 2 aromatic carbocycles. The minimum absolute atomic E-state index is 0.0550. The van der Waals surface area contributed by atoms with Gasteiger partial charge >= 0.3 is 11.8 Å². The first-order valence-corrected chi connectivity index (χ1v) is 17.5. The molecule has 9 N–H and O–H groups in total. The maximum atomic E-state index is 12.4. The summed E-state index contributed by atoms with van der Waals surface area (Å²) >= 11 is 0. The van der Waals surface area contributed by atoms with E-state index >= 15 is 0 Å². The van der Waals surface area contributed by atoms with Crippen LogP contribution in [0.4, 0.5) is 0 Å². The van der Waals surface area contributed by atoms with E-state index in [1.807, 2.05) is 6.08 Å². The Bertz CT molecular complexity index is 1950. The van der Waals surface area contributed by atoms with Gasteiger partial charge in [0.1, 0.15) is 53.1 Å². The molecule has 0 amide bonds. The van der Waals surface area contributed by atoms with Gasteiger partial charge in [-0.1, -0.05) is 18.6 Å². The second-order valence-electron chi connectivity index (χ2n) is 13.7. The molecule has 1 saturated heterocycles. The van der Waals surface area contributed by atoms with Crippen LogP contribution in [0.1, 0.15) is 62.2 Å². The number of nitrogens with two attached hydrogens (primary N) is 1. The fourth-order valence-corrected chi connectivity index (χ4v) is 7.04. The maximum Gasteiger partial charge on any atom is 0.336 e. The molecule has 1 aliphatic carbocycles. The molecule has 6 atom stereocenters. The van der Waals surface area contributed by atoms with Crippen molar-refractivity contribution in [1.29, 1.82) is 0 Å². The van der Waals surface area contributed by atoms with Crippen LogP contribution in [0.5, 0.6) is 28.7 Å². The predicted molar refractivity (Wildman–Crippen MR) is 190 cm³/mol. The zero-order valence-electron chi connectivity index (χ0n) is 28.9. The van der Waals surface area contributed by atoms with Gasteiger partial charge in [-0.05, 0) is 41.6 Å². The van der Waals surface area contributed by atoms with Gasteiger partial charge in [0.15, 0.2) is 23.3 Å². The summed E-state index contributed by atoms with van der Waals surface area (Å²) in [5.74, 6) is -4.43. The number of aliphatic carboxylic acids is 1. The van der Waals surface area contributed by atoms with Gasteiger partial charge < -0.3 is 59.4 Å². The number of aliphatic hydroxyl groups is 5. The highest BCUT2D eigenvalue weighted by Gasteiger charge is 2.59. The van der Waals surface area contributed by atoms with Gasteiger partial charge in [-0.15, -0.1) is 0 Å². The molecule has 286 valence electrons. The maximum absolute atomic E-state index is 12.4. The van der Waals surface area contributed by atoms with E-state index in [0.717, 1.165) is 12.1 Å². The first kappa shape index (κ1) is 37.0. The van der Waals surface area contributed by atoms with Gasteiger partial charge in [-0.25, -0.2) is 9.79 Å². The lowest BCUT2D eigenvalue weighted by molar-refractivity contribution is -0.303. The van der Waals surface area contributed by atoms with Crippen LogP contribution in [-0.4, -0.2) is 114 Å². The van der Waals surface area contributed by atoms with E-state index in [4.69, 9.17) is 29.1 Å². The number of allylic oxidation sites excluding steroid dienone is 1. The van der Waals surface area contributed by atoms with E-state index in [9.17, 15) is 40.5 Å². The molecule has 0 aromatic heterocycles. The molecule has 6 unspecified atom stereocenters. The Kier molecular flexibility index (Phi) is 10.2. The number of rotatable bonds is 12. The molecule has 17 heteroatoms. The van der Waals surface area contributed by atoms with Gasteiger partial charge in [-0.2, -0.15) is 0 Å². The number of ether oxygens (including phenoxy) is 5. The second kappa shape index (κ2) is 14.8. The van der Waals surface area contributed by atoms with Crippen LogP contribution < -0.4 is 24.4 Å². The highest BCUT2D eigenvalue weighted by molar-refractivity contribution is 6.13. The summed E-state index contributed by atoms with van der Waals surface area (Å²) in [5.41, 5.74) is -1.06. The van der Waals surface area contributed by atoms with Crippen LogP contribution in [0.25, 0.3) is 5.76 Å². The van der Waals surface area contributed by atoms with Crippen LogP contribution in [-0.2, 0) is 9.53 Å². The largest absolute Gasteiger partial charge is 0.507 e. The van der Waals surface area contributed by atoms with Crippen molar-refractivity contribution in [2.45, 2.75) is 87.0 Å². The van der Waals surface area contributed by atoms with Gasteiger partial charge in [0.25, 0.3) is 0 Å². The number of aliphatic hydroxyl groups excluding tert-OH is 3. The smallest absolute Gasteiger partial charge is 0.336 e. The third kappa shape index (κ3) is 7.40. The number of benzene rings is 2. The Morgan fingerprint density at radius 1 is 1.06 bits per heavy atom. The average Bonchev–Trinajstić information content (AvgIpc) is 3.81. The van der Waals surface area contributed by atoms with E-state index in [2.05, 4.69) is 15.0 Å². The highest BCUT2D eigenvalue weighted by Crippen LogP contribution is 2.52. The van der Waals surface area contributed by atoms with Crippen LogP contribution >= 0.6 is 0 Å². The second-order valence-corrected chi connectivity index (χ2v) is 13.7. The van der Waals surface area contributed by atoms with Gasteiger partial charge in [-0.3, -0.25) is 10.4 Å². The highest BCUT2D eigenvalue weighted by atomic mass is 16.7. The summed E-state index contributed by atoms with van der Waals surface area (Å²) in [6, 6.07) is 8.12. The molecule has 5 aliphatic rings. The van der Waals surface area contributed by atoms with E-state index in [-0.39, 0.29) is 47.9 Å². The zero-order chi connectivity index (χ0) is 38.2. The zero-order valence-corrected chi connectivity index (χ0v) is 28.9. The molecule has 7 rings (SSSR count). The van der Waals surface area contributed by atoms with Crippen LogP contribution in [0.2, 0.25) is 0 Å². The number of hydrogen-bond donors (Lipinski definition) is 8. The predicted octanol–water partition coefficient (Wildman–Crippen LogP) is 0.908. The van der Waals surface area contributed by atoms with E-state index < -0.39 is 66.0 Å². The fraction of sp³-hybridized carbons (Fsp3) is 0.432. The summed E-state index contributed by atoms with van der Waals surface area (Å²) in [5, 5.41) is 83.5. The van der Waals surface area contributed by atoms with E-state index in [0.29, 0.717) is 43.0 Å². The standard InChI is InChI=1S/C37H40N4O13/c38-27-9-6-20(41-27)10-13-50-22-7-4-19(5-8-22)24-14-23(42)28-25(51-24)15-26(31(29(28)43)54-36(48)11-2-1-3-12-36)52-35-30(44)32(45)37(49,33(53-35)34(46)47)16-21-17-39-18-40-21/h4-9,14-15,18,24,30,32-33,35,38,42-45,48-49H,1-3,10-13,16-17H2,(H,46,47)/p+1. The number of hydrogen-bond acceptors (Lipinski definition) is 14. The van der Waals surface area contributed by atoms with Crippen LogP contribution in [0.3, 0.4) is 0 Å². The molecule has 4 heterocycles. The lowest BCUT2D eigenvalue weighted by Gasteiger charge is -2.46. The molecule has 1 saturated carbocycles. The van der Waals surface area contributed by atoms with Crippen molar-refractivity contribution < 1.29 is 69.6 Å². The summed E-state index contributed by atoms with van der Waals surface area (Å²) in [7, 11) is 0. The third-order valence-corrected chi connectivity index (χ3v) is 9.87. The molecule has 2 fully saturated rings. The number of carboxylic acids is 1. The molecular weight excluding hydrogens is 708 g/mol. The Labute approximate surface area is 308 Å². The van der Waals surface area contributed by atoms with Crippen molar-refractivity contribution in [2.24, 2.45) is 15.0 Å². The molecule has 2 aromatic rings. The normalized spacial score (nSPS) is 28.4. The number of carboxylic acid groups (broad SMARTS) is 1. The van der Waals surface area contributed by atoms with E-state index in [1.54, 1.807) is 30.3 Å². The summed E-state index contributed by atoms with van der Waals surface area (Å²) in [4.78, 5) is 24.5. The summed E-state index contributed by atoms with van der Waals surface area (Å²) in [6.07, 6.45) is -0.429. The minimum Gasteiger partial charge on any atom is -0.507 e. The fourth-order valence-electron chi connectivity index (χ4n) is 7.04. The van der Waals surface area contributed by atoms with Crippen molar-refractivity contribution in [3.05, 3.63) is 59.7 Å². The monoisotopic (exact) mass is 749 g/mol. The number of aromatic hydroxyl groups is 1. The van der Waals surface area contributed by atoms with Crippen molar-refractivity contribution in [2.75, 3.05) is 13.2 Å². The van der Waals surface area contributed by atoms with Gasteiger partial charge in [0, 0.05) is 49.6 Å². The van der Waals surface area contributed by atoms with Crippen molar-refractivity contribution in [3.8, 4) is 28.7 Å². The van der Waals surface area contributed by atoms with Crippen LogP contribution in [0, 0.1) is 0 Å². The first-order valence-electron chi connectivity index (χ1n) is 17.5.